The molecule has 0 bridgehead atoms. The SMILES string of the molecule is CN(C)c1ccc(/C=C/c2ccc(-c3ccc(C=O)cn3)nc2)cc1. The fourth-order valence-corrected chi connectivity index (χ4v) is 2.36. The molecule has 0 atom stereocenters. The molecule has 0 amide bonds. The molecule has 4 nitrogen and oxygen atoms in total. The van der Waals surface area contributed by atoms with Gasteiger partial charge in [0, 0.05) is 37.7 Å². The summed E-state index contributed by atoms with van der Waals surface area (Å²) in [6.07, 6.45) is 8.24. The summed E-state index contributed by atoms with van der Waals surface area (Å²) in [5, 5.41) is 0. The molecule has 0 spiro atoms. The smallest absolute Gasteiger partial charge is 0.151 e. The number of nitrogens with zero attached hydrogens (tertiary/aromatic N) is 3. The van der Waals surface area contributed by atoms with Gasteiger partial charge in [0.15, 0.2) is 6.29 Å². The molecule has 0 saturated carbocycles. The molecule has 1 aromatic carbocycles. The maximum atomic E-state index is 10.7. The van der Waals surface area contributed by atoms with Crippen LogP contribution in [0.2, 0.25) is 0 Å². The summed E-state index contributed by atoms with van der Waals surface area (Å²) < 4.78 is 0. The second-order valence-electron chi connectivity index (χ2n) is 5.89. The van der Waals surface area contributed by atoms with Crippen molar-refractivity contribution in [3.8, 4) is 11.4 Å². The summed E-state index contributed by atoms with van der Waals surface area (Å²) in [4.78, 5) is 21.4. The predicted octanol–water partition coefficient (Wildman–Crippen LogP) is 4.19. The van der Waals surface area contributed by atoms with Crippen LogP contribution in [0.1, 0.15) is 21.5 Å². The van der Waals surface area contributed by atoms with Crippen molar-refractivity contribution >= 4 is 24.1 Å². The minimum atomic E-state index is 0.559. The summed E-state index contributed by atoms with van der Waals surface area (Å²) in [6.45, 7) is 0. The summed E-state index contributed by atoms with van der Waals surface area (Å²) in [7, 11) is 4.05. The zero-order chi connectivity index (χ0) is 17.6. The summed E-state index contributed by atoms with van der Waals surface area (Å²) >= 11 is 0. The third-order valence-corrected chi connectivity index (χ3v) is 3.85. The Balaban J connectivity index is 1.72. The van der Waals surface area contributed by atoms with Gasteiger partial charge in [0.1, 0.15) is 0 Å². The lowest BCUT2D eigenvalue weighted by Crippen LogP contribution is -2.07. The van der Waals surface area contributed by atoms with Crippen molar-refractivity contribution in [1.29, 1.82) is 0 Å². The second kappa shape index (κ2) is 7.53. The van der Waals surface area contributed by atoms with Gasteiger partial charge in [0.05, 0.1) is 11.4 Å². The Morgan fingerprint density at radius 3 is 1.72 bits per heavy atom. The van der Waals surface area contributed by atoms with Gasteiger partial charge in [-0.1, -0.05) is 30.4 Å². The van der Waals surface area contributed by atoms with E-state index in [2.05, 4.69) is 45.2 Å². The van der Waals surface area contributed by atoms with Gasteiger partial charge in [-0.15, -0.1) is 0 Å². The standard InChI is InChI=1S/C21H19N3O/c1-24(2)19-9-5-16(6-10-19)3-4-17-7-11-20(22-13-17)21-12-8-18(15-25)14-23-21/h3-15H,1-2H3/b4-3+. The zero-order valence-electron chi connectivity index (χ0n) is 14.3. The topological polar surface area (TPSA) is 46.1 Å². The number of aromatic nitrogens is 2. The molecular weight excluding hydrogens is 310 g/mol. The number of carbonyl (C=O) groups is 1. The molecule has 25 heavy (non-hydrogen) atoms. The van der Waals surface area contributed by atoms with Crippen LogP contribution >= 0.6 is 0 Å². The molecule has 0 N–H and O–H groups in total. The Morgan fingerprint density at radius 1 is 0.720 bits per heavy atom. The van der Waals surface area contributed by atoms with E-state index < -0.39 is 0 Å². The van der Waals surface area contributed by atoms with Crippen LogP contribution in [0.25, 0.3) is 23.5 Å². The Kier molecular flexibility index (Phi) is 5.00. The highest BCUT2D eigenvalue weighted by atomic mass is 16.1. The van der Waals surface area contributed by atoms with E-state index in [1.54, 1.807) is 18.3 Å². The number of anilines is 1. The minimum Gasteiger partial charge on any atom is -0.378 e. The van der Waals surface area contributed by atoms with Gasteiger partial charge in [0.25, 0.3) is 0 Å². The van der Waals surface area contributed by atoms with Crippen molar-refractivity contribution in [3.63, 3.8) is 0 Å². The van der Waals surface area contributed by atoms with Crippen LogP contribution in [0.5, 0.6) is 0 Å². The number of pyridine rings is 2. The van der Waals surface area contributed by atoms with Crippen molar-refractivity contribution in [3.05, 3.63) is 77.6 Å². The maximum absolute atomic E-state index is 10.7. The normalized spacial score (nSPS) is 10.8. The third-order valence-electron chi connectivity index (χ3n) is 3.85. The first kappa shape index (κ1) is 16.6. The third kappa shape index (κ3) is 4.18. The molecule has 3 aromatic rings. The first-order chi connectivity index (χ1) is 12.2. The van der Waals surface area contributed by atoms with E-state index in [0.29, 0.717) is 5.56 Å². The predicted molar refractivity (Wildman–Crippen MR) is 103 cm³/mol. The van der Waals surface area contributed by atoms with Crippen molar-refractivity contribution < 1.29 is 4.79 Å². The molecule has 4 heteroatoms. The molecule has 0 unspecified atom stereocenters. The van der Waals surface area contributed by atoms with Crippen LogP contribution in [0.3, 0.4) is 0 Å². The Bertz CT molecular complexity index is 865. The van der Waals surface area contributed by atoms with Crippen LogP contribution in [0, 0.1) is 0 Å². The van der Waals surface area contributed by atoms with Crippen LogP contribution < -0.4 is 4.90 Å². The van der Waals surface area contributed by atoms with Crippen molar-refractivity contribution in [1.82, 2.24) is 9.97 Å². The number of aldehydes is 1. The summed E-state index contributed by atoms with van der Waals surface area (Å²) in [6, 6.07) is 15.8. The minimum absolute atomic E-state index is 0.559. The maximum Gasteiger partial charge on any atom is 0.151 e. The van der Waals surface area contributed by atoms with Gasteiger partial charge in [-0.25, -0.2) is 0 Å². The molecule has 0 aliphatic rings. The average molecular weight is 329 g/mol. The van der Waals surface area contributed by atoms with E-state index in [9.17, 15) is 4.79 Å². The van der Waals surface area contributed by atoms with E-state index in [0.717, 1.165) is 28.8 Å². The fraction of sp³-hybridized carbons (Fsp3) is 0.0952. The summed E-state index contributed by atoms with van der Waals surface area (Å²) in [5.41, 5.74) is 5.43. The number of rotatable bonds is 5. The van der Waals surface area contributed by atoms with Crippen LogP contribution in [-0.4, -0.2) is 30.3 Å². The zero-order valence-corrected chi connectivity index (χ0v) is 14.3. The largest absolute Gasteiger partial charge is 0.378 e. The van der Waals surface area contributed by atoms with Crippen LogP contribution in [-0.2, 0) is 0 Å². The lowest BCUT2D eigenvalue weighted by molar-refractivity contribution is 0.112. The van der Waals surface area contributed by atoms with Gasteiger partial charge >= 0.3 is 0 Å². The summed E-state index contributed by atoms with van der Waals surface area (Å²) in [5.74, 6) is 0. The van der Waals surface area contributed by atoms with Gasteiger partial charge in [-0.2, -0.15) is 0 Å². The fourth-order valence-electron chi connectivity index (χ4n) is 2.36. The molecule has 2 heterocycles. The monoisotopic (exact) mass is 329 g/mol. The highest BCUT2D eigenvalue weighted by Gasteiger charge is 2.01. The van der Waals surface area contributed by atoms with Gasteiger partial charge < -0.3 is 4.90 Å². The lowest BCUT2D eigenvalue weighted by atomic mass is 10.1. The number of hydrogen-bond acceptors (Lipinski definition) is 4. The lowest BCUT2D eigenvalue weighted by Gasteiger charge is -2.11. The van der Waals surface area contributed by atoms with Crippen molar-refractivity contribution in [2.45, 2.75) is 0 Å². The Morgan fingerprint density at radius 2 is 1.24 bits per heavy atom. The average Bonchev–Trinajstić information content (AvgIpc) is 2.67. The molecule has 3 rings (SSSR count). The van der Waals surface area contributed by atoms with E-state index in [1.165, 1.54) is 5.69 Å². The van der Waals surface area contributed by atoms with Crippen molar-refractivity contribution in [2.24, 2.45) is 0 Å². The molecule has 2 aromatic heterocycles. The van der Waals surface area contributed by atoms with E-state index in [-0.39, 0.29) is 0 Å². The number of hydrogen-bond donors (Lipinski definition) is 0. The van der Waals surface area contributed by atoms with Gasteiger partial charge in [-0.3, -0.25) is 14.8 Å². The molecule has 0 saturated heterocycles. The van der Waals surface area contributed by atoms with Crippen LogP contribution in [0.15, 0.2) is 60.9 Å². The molecule has 0 aliphatic heterocycles. The van der Waals surface area contributed by atoms with Crippen molar-refractivity contribution in [2.75, 3.05) is 19.0 Å². The van der Waals surface area contributed by atoms with Gasteiger partial charge in [0.2, 0.25) is 0 Å². The molecule has 0 fully saturated rings. The number of benzene rings is 1. The van der Waals surface area contributed by atoms with E-state index in [4.69, 9.17) is 0 Å². The van der Waals surface area contributed by atoms with E-state index >= 15 is 0 Å². The highest BCUT2D eigenvalue weighted by Crippen LogP contribution is 2.17. The molecule has 0 radical (unpaired) electrons. The Hall–Kier alpha value is -3.27. The Labute approximate surface area is 147 Å². The highest BCUT2D eigenvalue weighted by molar-refractivity contribution is 5.75. The van der Waals surface area contributed by atoms with E-state index in [1.807, 2.05) is 38.5 Å². The molecule has 0 aliphatic carbocycles. The molecular formula is C21H19N3O. The molecule has 124 valence electrons. The van der Waals surface area contributed by atoms with Crippen LogP contribution in [0.4, 0.5) is 5.69 Å². The van der Waals surface area contributed by atoms with Gasteiger partial charge in [-0.05, 0) is 41.5 Å². The quantitative estimate of drug-likeness (QED) is 0.658. The number of carbonyl (C=O) groups excluding carboxylic acids is 1. The first-order valence-corrected chi connectivity index (χ1v) is 7.99. The first-order valence-electron chi connectivity index (χ1n) is 7.99. The second-order valence-corrected chi connectivity index (χ2v) is 5.89.